The molecule has 2 unspecified atom stereocenters. The molecule has 2 aliphatic rings. The number of unbranched alkanes of at least 4 members (excludes halogenated alkanes) is 2. The maximum absolute atomic E-state index is 2.59. The Labute approximate surface area is 222 Å². The van der Waals surface area contributed by atoms with Gasteiger partial charge in [0.05, 0.1) is 0 Å². The molecule has 2 aromatic rings. The van der Waals surface area contributed by atoms with Gasteiger partial charge in [-0.15, -0.1) is 0 Å². The van der Waals surface area contributed by atoms with E-state index in [9.17, 15) is 0 Å². The second kappa shape index (κ2) is 14.6. The molecule has 0 amide bonds. The number of aryl methyl sites for hydroxylation is 2. The van der Waals surface area contributed by atoms with Crippen LogP contribution < -0.4 is 0 Å². The van der Waals surface area contributed by atoms with Crippen molar-refractivity contribution in [2.24, 2.45) is 23.7 Å². The average Bonchev–Trinajstić information content (AvgIpc) is 2.93. The van der Waals surface area contributed by atoms with E-state index < -0.39 is 0 Å². The third kappa shape index (κ3) is 8.22. The Bertz CT molecular complexity index is 921. The van der Waals surface area contributed by atoms with Gasteiger partial charge in [-0.05, 0) is 90.9 Å². The van der Waals surface area contributed by atoms with Crippen molar-refractivity contribution < 1.29 is 0 Å². The smallest absolute Gasteiger partial charge is 0.00532 e. The van der Waals surface area contributed by atoms with Crippen LogP contribution in [0, 0.1) is 23.7 Å². The lowest BCUT2D eigenvalue weighted by Crippen LogP contribution is -2.23. The Morgan fingerprint density at radius 2 is 1.33 bits per heavy atom. The lowest BCUT2D eigenvalue weighted by Gasteiger charge is -2.34. The molecule has 194 valence electrons. The zero-order valence-electron chi connectivity index (χ0n) is 23.1. The van der Waals surface area contributed by atoms with Gasteiger partial charge in [-0.2, -0.15) is 0 Å². The van der Waals surface area contributed by atoms with Crippen LogP contribution in [0.1, 0.15) is 102 Å². The molecule has 0 N–H and O–H groups in total. The zero-order valence-corrected chi connectivity index (χ0v) is 23.1. The summed E-state index contributed by atoms with van der Waals surface area (Å²) in [5.74, 6) is 3.51. The van der Waals surface area contributed by atoms with Crippen LogP contribution in [-0.2, 0) is 12.8 Å². The summed E-state index contributed by atoms with van der Waals surface area (Å²) in [4.78, 5) is 0. The van der Waals surface area contributed by atoms with E-state index in [4.69, 9.17) is 0 Å². The first-order valence-electron chi connectivity index (χ1n) is 15.3. The van der Waals surface area contributed by atoms with E-state index in [1.165, 1.54) is 99.3 Å². The highest BCUT2D eigenvalue weighted by Crippen LogP contribution is 2.40. The topological polar surface area (TPSA) is 0 Å². The molecule has 0 heterocycles. The van der Waals surface area contributed by atoms with E-state index in [1.807, 2.05) is 0 Å². The molecule has 0 spiro atoms. The van der Waals surface area contributed by atoms with Gasteiger partial charge in [0.2, 0.25) is 0 Å². The van der Waals surface area contributed by atoms with Gasteiger partial charge in [0.25, 0.3) is 0 Å². The molecule has 0 aromatic heterocycles. The third-order valence-corrected chi connectivity index (χ3v) is 8.91. The zero-order chi connectivity index (χ0) is 25.0. The van der Waals surface area contributed by atoms with Gasteiger partial charge in [0.15, 0.2) is 0 Å². The lowest BCUT2D eigenvalue weighted by molar-refractivity contribution is 0.206. The fraction of sp³-hybridized carbons (Fsp3) is 0.556. The van der Waals surface area contributed by atoms with E-state index in [1.54, 1.807) is 0 Å². The van der Waals surface area contributed by atoms with Crippen LogP contribution in [0.3, 0.4) is 0 Å². The molecule has 2 atom stereocenters. The summed E-state index contributed by atoms with van der Waals surface area (Å²) >= 11 is 0. The highest BCUT2D eigenvalue weighted by atomic mass is 14.3. The summed E-state index contributed by atoms with van der Waals surface area (Å²) in [5, 5.41) is 0. The van der Waals surface area contributed by atoms with Gasteiger partial charge < -0.3 is 0 Å². The highest BCUT2D eigenvalue weighted by molar-refractivity contribution is 5.64. The second-order valence-corrected chi connectivity index (χ2v) is 11.7. The third-order valence-electron chi connectivity index (χ3n) is 8.91. The van der Waals surface area contributed by atoms with Crippen molar-refractivity contribution in [3.05, 3.63) is 84.0 Å². The van der Waals surface area contributed by atoms with Gasteiger partial charge >= 0.3 is 0 Å². The molecule has 0 bridgehead atoms. The SMILES string of the molecule is CCCCCC1CCC(C2C=CC(C=CCCc3ccc(-c4ccc(CCC)cc4)cc3)CC2)CC1. The maximum Gasteiger partial charge on any atom is -0.00532 e. The molecular formula is C36H50. The van der Waals surface area contributed by atoms with Crippen molar-refractivity contribution in [1.82, 2.24) is 0 Å². The predicted octanol–water partition coefficient (Wildman–Crippen LogP) is 10.8. The number of rotatable bonds is 12. The molecule has 2 aromatic carbocycles. The largest absolute Gasteiger partial charge is 0.0876 e. The van der Waals surface area contributed by atoms with E-state index in [0.29, 0.717) is 5.92 Å². The van der Waals surface area contributed by atoms with Crippen LogP contribution in [0.2, 0.25) is 0 Å². The van der Waals surface area contributed by atoms with Crippen molar-refractivity contribution in [3.8, 4) is 11.1 Å². The normalized spacial score (nSPS) is 24.4. The van der Waals surface area contributed by atoms with Gasteiger partial charge in [-0.3, -0.25) is 0 Å². The Hall–Kier alpha value is -2.08. The first-order valence-corrected chi connectivity index (χ1v) is 15.3. The molecule has 2 aliphatic carbocycles. The summed E-state index contributed by atoms with van der Waals surface area (Å²) in [5.41, 5.74) is 5.52. The molecular weight excluding hydrogens is 432 g/mol. The maximum atomic E-state index is 2.59. The molecule has 1 saturated carbocycles. The van der Waals surface area contributed by atoms with E-state index >= 15 is 0 Å². The minimum absolute atomic E-state index is 0.657. The minimum Gasteiger partial charge on any atom is -0.0876 e. The molecule has 36 heavy (non-hydrogen) atoms. The van der Waals surface area contributed by atoms with E-state index in [-0.39, 0.29) is 0 Å². The van der Waals surface area contributed by atoms with Crippen LogP contribution in [0.25, 0.3) is 11.1 Å². The summed E-state index contributed by atoms with van der Waals surface area (Å²) in [7, 11) is 0. The Morgan fingerprint density at radius 1 is 0.667 bits per heavy atom. The van der Waals surface area contributed by atoms with Crippen LogP contribution in [0.5, 0.6) is 0 Å². The van der Waals surface area contributed by atoms with Crippen LogP contribution in [-0.4, -0.2) is 0 Å². The summed E-state index contributed by atoms with van der Waals surface area (Å²) in [6.07, 6.45) is 29.1. The van der Waals surface area contributed by atoms with Crippen molar-refractivity contribution in [1.29, 1.82) is 0 Å². The number of hydrogen-bond acceptors (Lipinski definition) is 0. The highest BCUT2D eigenvalue weighted by Gasteiger charge is 2.27. The summed E-state index contributed by atoms with van der Waals surface area (Å²) < 4.78 is 0. The minimum atomic E-state index is 0.657. The van der Waals surface area contributed by atoms with E-state index in [2.05, 4.69) is 86.7 Å². The van der Waals surface area contributed by atoms with Crippen molar-refractivity contribution in [3.63, 3.8) is 0 Å². The molecule has 0 saturated heterocycles. The van der Waals surface area contributed by atoms with Gasteiger partial charge in [-0.25, -0.2) is 0 Å². The number of allylic oxidation sites excluding steroid dienone is 4. The first kappa shape index (κ1) is 27.0. The molecule has 0 radical (unpaired) electrons. The van der Waals surface area contributed by atoms with E-state index in [0.717, 1.165) is 30.6 Å². The van der Waals surface area contributed by atoms with Crippen LogP contribution in [0.4, 0.5) is 0 Å². The average molecular weight is 483 g/mol. The Balaban J connectivity index is 1.16. The number of benzene rings is 2. The lowest BCUT2D eigenvalue weighted by atomic mass is 9.71. The van der Waals surface area contributed by atoms with Crippen molar-refractivity contribution >= 4 is 0 Å². The fourth-order valence-corrected chi connectivity index (χ4v) is 6.54. The molecule has 1 fully saturated rings. The van der Waals surface area contributed by atoms with Crippen LogP contribution >= 0.6 is 0 Å². The summed E-state index contributed by atoms with van der Waals surface area (Å²) in [6, 6.07) is 18.3. The second-order valence-electron chi connectivity index (χ2n) is 11.7. The van der Waals surface area contributed by atoms with Crippen molar-refractivity contribution in [2.75, 3.05) is 0 Å². The van der Waals surface area contributed by atoms with Gasteiger partial charge in [0.1, 0.15) is 0 Å². The molecule has 0 heteroatoms. The standard InChI is InChI=1S/C36H50/c1-3-5-6-10-30-15-23-35(24-16-30)36-27-19-32(20-28-36)12-8-7-11-31-17-25-34(26-18-31)33-21-13-29(9-4-2)14-22-33/h8,12-14,17-19,21-22,25-27,30,32,35-36H,3-7,9-11,15-16,20,23-24,28H2,1-2H3. The predicted molar refractivity (Wildman–Crippen MR) is 158 cm³/mol. The molecule has 0 nitrogen and oxygen atoms in total. The summed E-state index contributed by atoms with van der Waals surface area (Å²) in [6.45, 7) is 4.56. The Morgan fingerprint density at radius 3 is 1.92 bits per heavy atom. The van der Waals surface area contributed by atoms with Crippen molar-refractivity contribution in [2.45, 2.75) is 104 Å². The monoisotopic (exact) mass is 482 g/mol. The fourth-order valence-electron chi connectivity index (χ4n) is 6.54. The number of hydrogen-bond donors (Lipinski definition) is 0. The molecule has 0 aliphatic heterocycles. The van der Waals surface area contributed by atoms with Gasteiger partial charge in [0, 0.05) is 0 Å². The molecule has 4 rings (SSSR count). The van der Waals surface area contributed by atoms with Crippen LogP contribution in [0.15, 0.2) is 72.8 Å². The Kier molecular flexibility index (Phi) is 10.9. The quantitative estimate of drug-likeness (QED) is 0.208. The van der Waals surface area contributed by atoms with Gasteiger partial charge in [-0.1, -0.05) is 132 Å². The first-order chi connectivity index (χ1) is 17.7.